The molecule has 0 aliphatic carbocycles. The monoisotopic (exact) mass is 314 g/mol. The Balaban J connectivity index is 1.74. The normalized spacial score (nSPS) is 28.2. The maximum absolute atomic E-state index is 12.7. The van der Waals surface area contributed by atoms with Gasteiger partial charge < -0.3 is 5.32 Å². The van der Waals surface area contributed by atoms with Gasteiger partial charge in [0.25, 0.3) is 0 Å². The predicted molar refractivity (Wildman–Crippen MR) is 82.6 cm³/mol. The van der Waals surface area contributed by atoms with Crippen LogP contribution in [0, 0.1) is 0 Å². The third kappa shape index (κ3) is 2.79. The fraction of sp³-hybridized carbons (Fsp3) is 0.714. The second kappa shape index (κ2) is 5.75. The van der Waals surface area contributed by atoms with Crippen molar-refractivity contribution in [2.45, 2.75) is 44.7 Å². The Hall–Kier alpha value is -0.430. The van der Waals surface area contributed by atoms with Crippen molar-refractivity contribution in [3.05, 3.63) is 21.9 Å². The van der Waals surface area contributed by atoms with E-state index in [1.807, 2.05) is 6.92 Å². The highest BCUT2D eigenvalue weighted by Gasteiger charge is 2.34. The molecule has 1 fully saturated rings. The van der Waals surface area contributed by atoms with Crippen LogP contribution in [0.2, 0.25) is 0 Å². The van der Waals surface area contributed by atoms with Gasteiger partial charge in [0.15, 0.2) is 0 Å². The Labute approximate surface area is 125 Å². The standard InChI is InChI=1S/C14H22N2O2S2/c1-11-13-6-9-19-14(13)5-8-16(11)20(17,18)10-12-4-2-3-7-15-12/h6,9,11-12,15H,2-5,7-8,10H2,1H3. The number of nitrogens with one attached hydrogen (secondary N) is 1. The smallest absolute Gasteiger partial charge is 0.216 e. The number of thiophene rings is 1. The van der Waals surface area contributed by atoms with E-state index in [0.29, 0.717) is 6.54 Å². The molecule has 1 N–H and O–H groups in total. The zero-order valence-corrected chi connectivity index (χ0v) is 13.5. The fourth-order valence-corrected chi connectivity index (χ4v) is 6.19. The average molecular weight is 314 g/mol. The molecule has 112 valence electrons. The van der Waals surface area contributed by atoms with Crippen molar-refractivity contribution in [3.8, 4) is 0 Å². The first-order chi connectivity index (χ1) is 9.58. The van der Waals surface area contributed by atoms with Gasteiger partial charge in [0.05, 0.1) is 5.75 Å². The molecular formula is C14H22N2O2S2. The van der Waals surface area contributed by atoms with E-state index in [9.17, 15) is 8.42 Å². The maximum Gasteiger partial charge on any atom is 0.216 e. The highest BCUT2D eigenvalue weighted by molar-refractivity contribution is 7.89. The molecule has 0 bridgehead atoms. The van der Waals surface area contributed by atoms with Crippen LogP contribution in [0.1, 0.15) is 42.7 Å². The van der Waals surface area contributed by atoms with Gasteiger partial charge in [0.1, 0.15) is 0 Å². The van der Waals surface area contributed by atoms with E-state index in [2.05, 4.69) is 16.8 Å². The molecule has 0 saturated carbocycles. The SMILES string of the molecule is CC1c2ccsc2CCN1S(=O)(=O)CC1CCCCN1. The largest absolute Gasteiger partial charge is 0.313 e. The summed E-state index contributed by atoms with van der Waals surface area (Å²) in [5.74, 6) is 0.247. The third-order valence-electron chi connectivity index (χ3n) is 4.40. The lowest BCUT2D eigenvalue weighted by Gasteiger charge is -2.34. The summed E-state index contributed by atoms with van der Waals surface area (Å²) in [6.45, 7) is 3.59. The first-order valence-corrected chi connectivity index (χ1v) is 9.86. The summed E-state index contributed by atoms with van der Waals surface area (Å²) < 4.78 is 27.1. The highest BCUT2D eigenvalue weighted by atomic mass is 32.2. The minimum Gasteiger partial charge on any atom is -0.313 e. The number of rotatable bonds is 3. The molecule has 4 nitrogen and oxygen atoms in total. The Bertz CT molecular complexity index is 561. The summed E-state index contributed by atoms with van der Waals surface area (Å²) in [5.41, 5.74) is 1.20. The van der Waals surface area contributed by atoms with E-state index >= 15 is 0 Å². The molecule has 2 atom stereocenters. The minimum absolute atomic E-state index is 0.0152. The topological polar surface area (TPSA) is 49.4 Å². The van der Waals surface area contributed by atoms with Gasteiger partial charge in [-0.15, -0.1) is 11.3 Å². The zero-order valence-electron chi connectivity index (χ0n) is 11.8. The van der Waals surface area contributed by atoms with E-state index in [1.165, 1.54) is 10.4 Å². The van der Waals surface area contributed by atoms with Gasteiger partial charge in [-0.2, -0.15) is 4.31 Å². The van der Waals surface area contributed by atoms with Crippen molar-refractivity contribution in [1.82, 2.24) is 9.62 Å². The molecule has 0 aromatic carbocycles. The van der Waals surface area contributed by atoms with E-state index in [-0.39, 0.29) is 17.8 Å². The van der Waals surface area contributed by atoms with Gasteiger partial charge in [-0.05, 0) is 49.7 Å². The Kier molecular flexibility index (Phi) is 4.17. The van der Waals surface area contributed by atoms with Crippen LogP contribution >= 0.6 is 11.3 Å². The first kappa shape index (κ1) is 14.5. The summed E-state index contributed by atoms with van der Waals surface area (Å²) in [6.07, 6.45) is 4.13. The van der Waals surface area contributed by atoms with Crippen molar-refractivity contribution < 1.29 is 8.42 Å². The molecule has 1 aromatic rings. The Morgan fingerprint density at radius 3 is 3.05 bits per heavy atom. The molecule has 2 aliphatic rings. The van der Waals surface area contributed by atoms with Crippen LogP contribution in [0.5, 0.6) is 0 Å². The molecule has 3 heterocycles. The highest BCUT2D eigenvalue weighted by Crippen LogP contribution is 2.34. The molecular weight excluding hydrogens is 292 g/mol. The van der Waals surface area contributed by atoms with Crippen LogP contribution in [0.15, 0.2) is 11.4 Å². The van der Waals surface area contributed by atoms with E-state index in [1.54, 1.807) is 15.6 Å². The van der Waals surface area contributed by atoms with Gasteiger partial charge >= 0.3 is 0 Å². The summed E-state index contributed by atoms with van der Waals surface area (Å²) in [7, 11) is -3.18. The van der Waals surface area contributed by atoms with Crippen LogP contribution in [0.25, 0.3) is 0 Å². The first-order valence-electron chi connectivity index (χ1n) is 7.37. The number of nitrogens with zero attached hydrogens (tertiary/aromatic N) is 1. The molecule has 1 aromatic heterocycles. The van der Waals surface area contributed by atoms with E-state index in [4.69, 9.17) is 0 Å². The van der Waals surface area contributed by atoms with Crippen molar-refractivity contribution >= 4 is 21.4 Å². The van der Waals surface area contributed by atoms with E-state index < -0.39 is 10.0 Å². The van der Waals surface area contributed by atoms with Gasteiger partial charge in [-0.3, -0.25) is 0 Å². The molecule has 1 saturated heterocycles. The number of hydrogen-bond acceptors (Lipinski definition) is 4. The van der Waals surface area contributed by atoms with Crippen molar-refractivity contribution in [2.75, 3.05) is 18.8 Å². The average Bonchev–Trinajstić information content (AvgIpc) is 2.88. The van der Waals surface area contributed by atoms with Gasteiger partial charge in [0, 0.05) is 23.5 Å². The molecule has 0 radical (unpaired) electrons. The van der Waals surface area contributed by atoms with Gasteiger partial charge in [0.2, 0.25) is 10.0 Å². The van der Waals surface area contributed by atoms with Crippen LogP contribution in [-0.2, 0) is 16.4 Å². The van der Waals surface area contributed by atoms with Gasteiger partial charge in [-0.1, -0.05) is 6.42 Å². The molecule has 20 heavy (non-hydrogen) atoms. The van der Waals surface area contributed by atoms with Crippen molar-refractivity contribution in [3.63, 3.8) is 0 Å². The summed E-state index contributed by atoms with van der Waals surface area (Å²) in [5, 5.41) is 5.41. The van der Waals surface area contributed by atoms with Crippen LogP contribution in [0.4, 0.5) is 0 Å². The van der Waals surface area contributed by atoms with E-state index in [0.717, 1.165) is 32.2 Å². The van der Waals surface area contributed by atoms with Crippen LogP contribution in [0.3, 0.4) is 0 Å². The minimum atomic E-state index is -3.18. The molecule has 0 spiro atoms. The van der Waals surface area contributed by atoms with Gasteiger partial charge in [-0.25, -0.2) is 8.42 Å². The predicted octanol–water partition coefficient (Wildman–Crippen LogP) is 2.14. The second-order valence-electron chi connectivity index (χ2n) is 5.76. The van der Waals surface area contributed by atoms with Crippen LogP contribution < -0.4 is 5.32 Å². The number of fused-ring (bicyclic) bond motifs is 1. The van der Waals surface area contributed by atoms with Crippen molar-refractivity contribution in [2.24, 2.45) is 0 Å². The lowest BCUT2D eigenvalue weighted by molar-refractivity contribution is 0.323. The number of sulfonamides is 1. The lowest BCUT2D eigenvalue weighted by atomic mass is 10.0. The summed E-state index contributed by atoms with van der Waals surface area (Å²) in [4.78, 5) is 1.35. The summed E-state index contributed by atoms with van der Waals surface area (Å²) >= 11 is 1.74. The molecule has 2 unspecified atom stereocenters. The second-order valence-corrected chi connectivity index (χ2v) is 8.73. The Morgan fingerprint density at radius 2 is 2.30 bits per heavy atom. The Morgan fingerprint density at radius 1 is 1.45 bits per heavy atom. The molecule has 6 heteroatoms. The number of hydrogen-bond donors (Lipinski definition) is 1. The van der Waals surface area contributed by atoms with Crippen molar-refractivity contribution in [1.29, 1.82) is 0 Å². The third-order valence-corrected chi connectivity index (χ3v) is 7.44. The number of piperidine rings is 1. The quantitative estimate of drug-likeness (QED) is 0.930. The summed E-state index contributed by atoms with van der Waals surface area (Å²) in [6, 6.07) is 2.19. The molecule has 3 rings (SSSR count). The molecule has 0 amide bonds. The lowest BCUT2D eigenvalue weighted by Crippen LogP contribution is -2.46. The maximum atomic E-state index is 12.7. The van der Waals surface area contributed by atoms with Crippen LogP contribution in [-0.4, -0.2) is 37.6 Å². The zero-order chi connectivity index (χ0) is 14.2. The fourth-order valence-electron chi connectivity index (χ4n) is 3.28. The molecule has 2 aliphatic heterocycles.